The molecule has 0 bridgehead atoms. The molecule has 26 heavy (non-hydrogen) atoms. The van der Waals surface area contributed by atoms with Gasteiger partial charge in [-0.05, 0) is 35.4 Å². The molecule has 0 aromatic heterocycles. The van der Waals surface area contributed by atoms with Gasteiger partial charge in [-0.25, -0.2) is 0 Å². The van der Waals surface area contributed by atoms with Gasteiger partial charge in [0.15, 0.2) is 5.78 Å². The number of carbonyl (C=O) groups is 1. The molecule has 1 aliphatic rings. The van der Waals surface area contributed by atoms with Crippen molar-refractivity contribution >= 4 is 27.8 Å². The number of fused-ring (bicyclic) bond motifs is 1. The van der Waals surface area contributed by atoms with Gasteiger partial charge in [-0.15, -0.1) is 0 Å². The summed E-state index contributed by atoms with van der Waals surface area (Å²) in [5.74, 6) is 0.898. The molecule has 0 aliphatic heterocycles. The molecular formula is C23H17BrO2. The van der Waals surface area contributed by atoms with Crippen molar-refractivity contribution in [2.75, 3.05) is 0 Å². The molecule has 0 N–H and O–H groups in total. The second-order valence-electron chi connectivity index (χ2n) is 6.29. The molecule has 0 fully saturated rings. The molecule has 1 aliphatic carbocycles. The fourth-order valence-electron chi connectivity index (χ4n) is 3.13. The predicted molar refractivity (Wildman–Crippen MR) is 107 cm³/mol. The van der Waals surface area contributed by atoms with Gasteiger partial charge >= 0.3 is 0 Å². The van der Waals surface area contributed by atoms with E-state index < -0.39 is 0 Å². The Morgan fingerprint density at radius 1 is 0.923 bits per heavy atom. The number of halogens is 1. The number of benzene rings is 3. The van der Waals surface area contributed by atoms with Crippen LogP contribution >= 0.6 is 15.9 Å². The van der Waals surface area contributed by atoms with Crippen molar-refractivity contribution < 1.29 is 9.53 Å². The normalized spacial score (nSPS) is 14.5. The van der Waals surface area contributed by atoms with E-state index in [4.69, 9.17) is 4.74 Å². The molecule has 2 nitrogen and oxygen atoms in total. The maximum Gasteiger partial charge on any atom is 0.189 e. The number of hydrogen-bond donors (Lipinski definition) is 0. The molecule has 0 heterocycles. The van der Waals surface area contributed by atoms with Gasteiger partial charge in [-0.2, -0.15) is 0 Å². The lowest BCUT2D eigenvalue weighted by molar-refractivity contribution is 0.104. The van der Waals surface area contributed by atoms with Crippen molar-refractivity contribution in [2.45, 2.75) is 13.0 Å². The van der Waals surface area contributed by atoms with E-state index in [1.807, 2.05) is 78.9 Å². The molecule has 4 rings (SSSR count). The van der Waals surface area contributed by atoms with E-state index in [-0.39, 0.29) is 5.78 Å². The number of ketones is 1. The third-order valence-corrected chi connectivity index (χ3v) is 5.02. The van der Waals surface area contributed by atoms with E-state index in [0.29, 0.717) is 13.0 Å². The molecule has 0 saturated carbocycles. The van der Waals surface area contributed by atoms with Gasteiger partial charge in [0.2, 0.25) is 0 Å². The van der Waals surface area contributed by atoms with Crippen LogP contribution in [0.25, 0.3) is 6.08 Å². The van der Waals surface area contributed by atoms with Crippen LogP contribution in [-0.4, -0.2) is 5.78 Å². The molecular weight excluding hydrogens is 388 g/mol. The monoisotopic (exact) mass is 404 g/mol. The van der Waals surface area contributed by atoms with Crippen LogP contribution in [0.15, 0.2) is 82.8 Å². The largest absolute Gasteiger partial charge is 0.488 e. The molecule has 3 heteroatoms. The van der Waals surface area contributed by atoms with Crippen molar-refractivity contribution in [3.63, 3.8) is 0 Å². The average molecular weight is 405 g/mol. The van der Waals surface area contributed by atoms with Crippen LogP contribution in [0, 0.1) is 0 Å². The maximum atomic E-state index is 12.6. The highest BCUT2D eigenvalue weighted by Gasteiger charge is 2.24. The number of Topliss-reactive ketones (excluding diaryl/α,β-unsaturated/α-hetero) is 1. The van der Waals surface area contributed by atoms with Crippen LogP contribution in [0.4, 0.5) is 0 Å². The van der Waals surface area contributed by atoms with Crippen LogP contribution in [0.2, 0.25) is 0 Å². The van der Waals surface area contributed by atoms with Gasteiger partial charge in [0.1, 0.15) is 12.4 Å². The fraction of sp³-hybridized carbons (Fsp3) is 0.0870. The summed E-state index contributed by atoms with van der Waals surface area (Å²) >= 11 is 3.44. The first-order chi connectivity index (χ1) is 12.7. The van der Waals surface area contributed by atoms with Crippen LogP contribution in [0.1, 0.15) is 27.0 Å². The molecule has 0 atom stereocenters. The second-order valence-corrected chi connectivity index (χ2v) is 7.20. The number of carbonyl (C=O) groups excluding carboxylic acids is 1. The van der Waals surface area contributed by atoms with E-state index in [1.54, 1.807) is 0 Å². The summed E-state index contributed by atoms with van der Waals surface area (Å²) in [6.07, 6.45) is 2.63. The summed E-state index contributed by atoms with van der Waals surface area (Å²) in [5, 5.41) is 0. The maximum absolute atomic E-state index is 12.6. The van der Waals surface area contributed by atoms with Gasteiger partial charge in [-0.1, -0.05) is 70.5 Å². The van der Waals surface area contributed by atoms with E-state index in [0.717, 1.165) is 38.0 Å². The lowest BCUT2D eigenvalue weighted by Crippen LogP contribution is -1.98. The molecule has 0 saturated heterocycles. The Balaban J connectivity index is 1.57. The van der Waals surface area contributed by atoms with Gasteiger partial charge in [0, 0.05) is 27.6 Å². The first-order valence-electron chi connectivity index (χ1n) is 8.50. The fourth-order valence-corrected chi connectivity index (χ4v) is 3.40. The minimum absolute atomic E-state index is 0.114. The van der Waals surface area contributed by atoms with Gasteiger partial charge in [-0.3, -0.25) is 4.79 Å². The van der Waals surface area contributed by atoms with Crippen molar-refractivity contribution in [3.8, 4) is 5.75 Å². The Morgan fingerprint density at radius 2 is 1.65 bits per heavy atom. The minimum Gasteiger partial charge on any atom is -0.488 e. The molecule has 3 aromatic carbocycles. The molecule has 128 valence electrons. The Morgan fingerprint density at radius 3 is 2.46 bits per heavy atom. The zero-order valence-electron chi connectivity index (χ0n) is 14.1. The molecule has 0 spiro atoms. The number of para-hydroxylation sites is 1. The number of allylic oxidation sites excluding steroid dienone is 1. The highest BCUT2D eigenvalue weighted by molar-refractivity contribution is 9.10. The van der Waals surface area contributed by atoms with Crippen LogP contribution in [0.3, 0.4) is 0 Å². The van der Waals surface area contributed by atoms with Crippen LogP contribution in [0.5, 0.6) is 5.75 Å². The smallest absolute Gasteiger partial charge is 0.189 e. The third kappa shape index (κ3) is 3.49. The van der Waals surface area contributed by atoms with Gasteiger partial charge < -0.3 is 4.74 Å². The van der Waals surface area contributed by atoms with E-state index in [9.17, 15) is 4.79 Å². The first kappa shape index (κ1) is 16.8. The zero-order chi connectivity index (χ0) is 17.9. The number of rotatable bonds is 4. The van der Waals surface area contributed by atoms with E-state index >= 15 is 0 Å². The standard InChI is InChI=1S/C23H17BrO2/c24-20-11-9-16(10-12-20)15-26-22-8-4-2-6-18(22)14-19-13-17-5-1-3-7-21(17)23(19)25/h1-12,14H,13,15H2/b19-14+. The summed E-state index contributed by atoms with van der Waals surface area (Å²) in [4.78, 5) is 12.6. The second kappa shape index (κ2) is 7.30. The highest BCUT2D eigenvalue weighted by Crippen LogP contribution is 2.30. The number of ether oxygens (including phenoxy) is 1. The lowest BCUT2D eigenvalue weighted by Gasteiger charge is -2.10. The SMILES string of the molecule is O=C1/C(=C/c2ccccc2OCc2ccc(Br)cc2)Cc2ccccc21. The van der Waals surface area contributed by atoms with E-state index in [1.165, 1.54) is 0 Å². The molecule has 3 aromatic rings. The van der Waals surface area contributed by atoms with Crippen molar-refractivity contribution in [3.05, 3.63) is 105 Å². The summed E-state index contributed by atoms with van der Waals surface area (Å²) < 4.78 is 7.06. The quantitative estimate of drug-likeness (QED) is 0.509. The predicted octanol–water partition coefficient (Wildman–Crippen LogP) is 5.85. The molecule has 0 amide bonds. The first-order valence-corrected chi connectivity index (χ1v) is 9.29. The lowest BCUT2D eigenvalue weighted by atomic mass is 10.1. The Bertz CT molecular complexity index is 987. The molecule has 0 unspecified atom stereocenters. The minimum atomic E-state index is 0.114. The van der Waals surface area contributed by atoms with Crippen LogP contribution < -0.4 is 4.74 Å². The van der Waals surface area contributed by atoms with Crippen molar-refractivity contribution in [2.24, 2.45) is 0 Å². The number of hydrogen-bond acceptors (Lipinski definition) is 2. The van der Waals surface area contributed by atoms with Crippen molar-refractivity contribution in [1.82, 2.24) is 0 Å². The Labute approximate surface area is 161 Å². The summed E-state index contributed by atoms with van der Waals surface area (Å²) in [6.45, 7) is 0.488. The van der Waals surface area contributed by atoms with Crippen molar-refractivity contribution in [1.29, 1.82) is 0 Å². The summed E-state index contributed by atoms with van der Waals surface area (Å²) in [7, 11) is 0. The summed E-state index contributed by atoms with van der Waals surface area (Å²) in [5.41, 5.74) is 4.75. The summed E-state index contributed by atoms with van der Waals surface area (Å²) in [6, 6.07) is 23.7. The van der Waals surface area contributed by atoms with Gasteiger partial charge in [0.05, 0.1) is 0 Å². The highest BCUT2D eigenvalue weighted by atomic mass is 79.9. The van der Waals surface area contributed by atoms with Gasteiger partial charge in [0.25, 0.3) is 0 Å². The van der Waals surface area contributed by atoms with E-state index in [2.05, 4.69) is 15.9 Å². The topological polar surface area (TPSA) is 26.3 Å². The Kier molecular flexibility index (Phi) is 4.72. The van der Waals surface area contributed by atoms with Crippen LogP contribution in [-0.2, 0) is 13.0 Å². The Hall–Kier alpha value is -2.65. The third-order valence-electron chi connectivity index (χ3n) is 4.49. The zero-order valence-corrected chi connectivity index (χ0v) is 15.7. The average Bonchev–Trinajstić information content (AvgIpc) is 2.98. The molecule has 0 radical (unpaired) electrons.